The minimum atomic E-state index is 0.514. The molecule has 3 aromatic heterocycles. The van der Waals surface area contributed by atoms with Gasteiger partial charge in [-0.3, -0.25) is 4.90 Å². The van der Waals surface area contributed by atoms with Crippen molar-refractivity contribution in [2.75, 3.05) is 25.0 Å². The highest BCUT2D eigenvalue weighted by molar-refractivity contribution is 5.47. The monoisotopic (exact) mass is 350 g/mol. The van der Waals surface area contributed by atoms with Gasteiger partial charge in [-0.25, -0.2) is 9.97 Å². The summed E-state index contributed by atoms with van der Waals surface area (Å²) in [5.74, 6) is 2.58. The van der Waals surface area contributed by atoms with Gasteiger partial charge in [-0.1, -0.05) is 6.42 Å². The molecule has 0 N–H and O–H groups in total. The van der Waals surface area contributed by atoms with Gasteiger partial charge in [0.05, 0.1) is 0 Å². The molecule has 0 unspecified atom stereocenters. The number of rotatable bonds is 5. The van der Waals surface area contributed by atoms with E-state index in [1.807, 2.05) is 24.5 Å². The van der Waals surface area contributed by atoms with Gasteiger partial charge in [0, 0.05) is 49.6 Å². The Kier molecular flexibility index (Phi) is 3.77. The van der Waals surface area contributed by atoms with Crippen LogP contribution in [0.1, 0.15) is 36.6 Å². The summed E-state index contributed by atoms with van der Waals surface area (Å²) in [5.41, 5.74) is 1.95. The number of aromatic nitrogens is 6. The molecule has 0 atom stereocenters. The van der Waals surface area contributed by atoms with Crippen LogP contribution in [0.3, 0.4) is 0 Å². The summed E-state index contributed by atoms with van der Waals surface area (Å²) in [6.07, 6.45) is 9.42. The van der Waals surface area contributed by atoms with Crippen LogP contribution in [0.5, 0.6) is 0 Å². The fourth-order valence-electron chi connectivity index (χ4n) is 3.55. The summed E-state index contributed by atoms with van der Waals surface area (Å²) in [6.45, 7) is 2.82. The summed E-state index contributed by atoms with van der Waals surface area (Å²) >= 11 is 0. The van der Waals surface area contributed by atoms with E-state index in [1.54, 1.807) is 10.8 Å². The summed E-state index contributed by atoms with van der Waals surface area (Å²) in [6, 6.07) is 4.47. The van der Waals surface area contributed by atoms with Crippen molar-refractivity contribution in [2.45, 2.75) is 37.8 Å². The Hall–Kier alpha value is -2.61. The molecule has 134 valence electrons. The lowest BCUT2D eigenvalue weighted by Crippen LogP contribution is -2.58. The zero-order valence-electron chi connectivity index (χ0n) is 14.9. The van der Waals surface area contributed by atoms with Crippen LogP contribution in [0.2, 0.25) is 0 Å². The fourth-order valence-corrected chi connectivity index (χ4v) is 3.55. The Morgan fingerprint density at radius 2 is 1.96 bits per heavy atom. The Morgan fingerprint density at radius 1 is 1.15 bits per heavy atom. The first-order valence-corrected chi connectivity index (χ1v) is 9.19. The molecular weight excluding hydrogens is 328 g/mol. The van der Waals surface area contributed by atoms with Crippen molar-refractivity contribution in [3.05, 3.63) is 42.2 Å². The quantitative estimate of drug-likeness (QED) is 0.690. The van der Waals surface area contributed by atoms with Gasteiger partial charge in [0.25, 0.3) is 0 Å². The van der Waals surface area contributed by atoms with Gasteiger partial charge in [0.15, 0.2) is 5.65 Å². The largest absolute Gasteiger partial charge is 0.352 e. The molecule has 26 heavy (non-hydrogen) atoms. The van der Waals surface area contributed by atoms with Crippen molar-refractivity contribution in [2.24, 2.45) is 0 Å². The third-order valence-electron chi connectivity index (χ3n) is 5.58. The lowest BCUT2D eigenvalue weighted by atomic mass is 9.85. The minimum absolute atomic E-state index is 0.514. The third-order valence-corrected chi connectivity index (χ3v) is 5.58. The number of hydrogen-bond donors (Lipinski definition) is 0. The molecular formula is C18H22N8. The van der Waals surface area contributed by atoms with Gasteiger partial charge in [0.1, 0.15) is 18.0 Å². The van der Waals surface area contributed by atoms with Gasteiger partial charge in [0.2, 0.25) is 0 Å². The van der Waals surface area contributed by atoms with Gasteiger partial charge >= 0.3 is 0 Å². The molecule has 1 aliphatic carbocycles. The number of anilines is 1. The van der Waals surface area contributed by atoms with E-state index < -0.39 is 0 Å². The number of fused-ring (bicyclic) bond motifs is 1. The normalized spacial score (nSPS) is 18.3. The molecule has 1 saturated heterocycles. The molecule has 3 aromatic rings. The van der Waals surface area contributed by atoms with Crippen LogP contribution in [0.25, 0.3) is 5.65 Å². The zero-order chi connectivity index (χ0) is 17.5. The molecule has 2 aliphatic rings. The van der Waals surface area contributed by atoms with E-state index in [-0.39, 0.29) is 0 Å². The van der Waals surface area contributed by atoms with E-state index in [2.05, 4.69) is 42.1 Å². The van der Waals surface area contributed by atoms with Crippen molar-refractivity contribution in [3.63, 3.8) is 0 Å². The Bertz CT molecular complexity index is 895. The van der Waals surface area contributed by atoms with Crippen LogP contribution in [-0.2, 0) is 6.54 Å². The first kappa shape index (κ1) is 15.6. The van der Waals surface area contributed by atoms with Crippen LogP contribution >= 0.6 is 0 Å². The summed E-state index contributed by atoms with van der Waals surface area (Å²) in [5, 5.41) is 12.4. The van der Waals surface area contributed by atoms with E-state index in [4.69, 9.17) is 0 Å². The van der Waals surface area contributed by atoms with Crippen LogP contribution < -0.4 is 4.90 Å². The minimum Gasteiger partial charge on any atom is -0.352 e. The predicted molar refractivity (Wildman–Crippen MR) is 96.9 cm³/mol. The molecule has 8 heteroatoms. The lowest BCUT2D eigenvalue weighted by Gasteiger charge is -2.44. The highest BCUT2D eigenvalue weighted by Crippen LogP contribution is 2.34. The van der Waals surface area contributed by atoms with Gasteiger partial charge in [-0.15, -0.1) is 15.3 Å². The predicted octanol–water partition coefficient (Wildman–Crippen LogP) is 1.50. The highest BCUT2D eigenvalue weighted by atomic mass is 15.4. The summed E-state index contributed by atoms with van der Waals surface area (Å²) in [7, 11) is 2.16. The topological polar surface area (TPSA) is 75.3 Å². The molecule has 4 heterocycles. The van der Waals surface area contributed by atoms with E-state index >= 15 is 0 Å². The van der Waals surface area contributed by atoms with Gasteiger partial charge in [-0.05, 0) is 32.0 Å². The molecule has 8 nitrogen and oxygen atoms in total. The van der Waals surface area contributed by atoms with Gasteiger partial charge < -0.3 is 4.90 Å². The number of nitrogens with zero attached hydrogens (tertiary/aromatic N) is 8. The van der Waals surface area contributed by atoms with E-state index in [0.29, 0.717) is 12.0 Å². The molecule has 0 radical (unpaired) electrons. The maximum atomic E-state index is 4.57. The maximum Gasteiger partial charge on any atom is 0.177 e. The van der Waals surface area contributed by atoms with Crippen LogP contribution in [0, 0.1) is 0 Å². The van der Waals surface area contributed by atoms with Crippen LogP contribution in [0.4, 0.5) is 5.82 Å². The lowest BCUT2D eigenvalue weighted by molar-refractivity contribution is 0.196. The number of likely N-dealkylation sites (N-methyl/N-ethyl adjacent to an activating group) is 1. The first-order valence-electron chi connectivity index (χ1n) is 9.19. The number of hydrogen-bond acceptors (Lipinski definition) is 7. The second kappa shape index (κ2) is 6.28. The molecule has 2 fully saturated rings. The van der Waals surface area contributed by atoms with Crippen molar-refractivity contribution < 1.29 is 0 Å². The van der Waals surface area contributed by atoms with Crippen molar-refractivity contribution in [1.29, 1.82) is 0 Å². The third kappa shape index (κ3) is 2.80. The molecule has 1 saturated carbocycles. The SMILES string of the molecule is CN(Cc1cnc(C2CCC2)nc1)C1CN(c2ccc3nncn3n2)C1. The molecule has 0 aromatic carbocycles. The van der Waals surface area contributed by atoms with Crippen LogP contribution in [-0.4, -0.2) is 60.9 Å². The van der Waals surface area contributed by atoms with E-state index in [0.717, 1.165) is 36.9 Å². The Morgan fingerprint density at radius 3 is 2.69 bits per heavy atom. The van der Waals surface area contributed by atoms with Gasteiger partial charge in [-0.2, -0.15) is 4.52 Å². The van der Waals surface area contributed by atoms with Crippen molar-refractivity contribution in [3.8, 4) is 0 Å². The van der Waals surface area contributed by atoms with Crippen molar-refractivity contribution in [1.82, 2.24) is 34.7 Å². The van der Waals surface area contributed by atoms with Crippen molar-refractivity contribution >= 4 is 11.5 Å². The summed E-state index contributed by atoms with van der Waals surface area (Å²) in [4.78, 5) is 13.8. The second-order valence-electron chi connectivity index (χ2n) is 7.38. The Labute approximate surface area is 151 Å². The molecule has 0 bridgehead atoms. The Balaban J connectivity index is 1.17. The molecule has 5 rings (SSSR count). The van der Waals surface area contributed by atoms with E-state index in [9.17, 15) is 0 Å². The average Bonchev–Trinajstić information content (AvgIpc) is 3.01. The maximum absolute atomic E-state index is 4.57. The fraction of sp³-hybridized carbons (Fsp3) is 0.500. The second-order valence-corrected chi connectivity index (χ2v) is 7.38. The summed E-state index contributed by atoms with van der Waals surface area (Å²) < 4.78 is 1.72. The smallest absolute Gasteiger partial charge is 0.177 e. The molecule has 0 spiro atoms. The van der Waals surface area contributed by atoms with E-state index in [1.165, 1.54) is 24.8 Å². The van der Waals surface area contributed by atoms with Crippen LogP contribution in [0.15, 0.2) is 30.9 Å². The highest BCUT2D eigenvalue weighted by Gasteiger charge is 2.31. The average molecular weight is 350 g/mol. The zero-order valence-corrected chi connectivity index (χ0v) is 14.9. The molecule has 0 amide bonds. The standard InChI is InChI=1S/C18H22N8/c1-24(9-13-7-19-18(20-8-13)14-3-2-4-14)15-10-25(11-15)17-6-5-16-22-21-12-26(16)23-17/h5-8,12,14-15H,2-4,9-11H2,1H3. The first-order chi connectivity index (χ1) is 12.8. The molecule has 1 aliphatic heterocycles.